The first-order valence-corrected chi connectivity index (χ1v) is 18.8. The average molecular weight is 697 g/mol. The van der Waals surface area contributed by atoms with Crippen LogP contribution in [0, 0.1) is 0 Å². The van der Waals surface area contributed by atoms with Gasteiger partial charge in [0.1, 0.15) is 11.5 Å². The molecule has 0 amide bonds. The number of ether oxygens (including phenoxy) is 6. The fourth-order valence-corrected chi connectivity index (χ4v) is 6.50. The molecule has 0 atom stereocenters. The van der Waals surface area contributed by atoms with Crippen molar-refractivity contribution in [1.29, 1.82) is 0 Å². The van der Waals surface area contributed by atoms with Crippen LogP contribution in [-0.4, -0.2) is 59.3 Å². The first kappa shape index (κ1) is 37.6. The van der Waals surface area contributed by atoms with Crippen LogP contribution in [0.1, 0.15) is 76.8 Å². The van der Waals surface area contributed by atoms with Gasteiger partial charge in [0, 0.05) is 12.8 Å². The topological polar surface area (TPSA) is 124 Å². The number of benzene rings is 3. The molecular weight excluding hydrogens is 648 g/mol. The van der Waals surface area contributed by atoms with E-state index in [1.165, 1.54) is 0 Å². The highest BCUT2D eigenvalue weighted by Crippen LogP contribution is 2.37. The number of carbonyl (C=O) groups excluding carboxylic acids is 2. The predicted molar refractivity (Wildman–Crippen MR) is 186 cm³/mol. The lowest BCUT2D eigenvalue weighted by Gasteiger charge is -2.16. The number of esters is 2. The van der Waals surface area contributed by atoms with E-state index in [0.717, 1.165) is 60.1 Å². The number of sulfone groups is 1. The van der Waals surface area contributed by atoms with Gasteiger partial charge in [-0.05, 0) is 105 Å². The Morgan fingerprint density at radius 1 is 0.714 bits per heavy atom. The lowest BCUT2D eigenvalue weighted by molar-refractivity contribution is -0.144. The van der Waals surface area contributed by atoms with Gasteiger partial charge in [-0.1, -0.05) is 38.0 Å². The van der Waals surface area contributed by atoms with Gasteiger partial charge < -0.3 is 28.4 Å². The molecule has 266 valence electrons. The number of carbonyl (C=O) groups is 2. The molecule has 0 saturated carbocycles. The molecule has 4 rings (SSSR count). The van der Waals surface area contributed by atoms with Gasteiger partial charge in [0.2, 0.25) is 6.79 Å². The third-order valence-electron chi connectivity index (χ3n) is 8.14. The van der Waals surface area contributed by atoms with E-state index in [1.54, 1.807) is 32.9 Å². The Morgan fingerprint density at radius 3 is 2.22 bits per heavy atom. The van der Waals surface area contributed by atoms with Crippen LogP contribution in [0.2, 0.25) is 0 Å². The molecule has 11 heteroatoms. The Labute approximate surface area is 289 Å². The van der Waals surface area contributed by atoms with E-state index in [1.807, 2.05) is 36.4 Å². The zero-order chi connectivity index (χ0) is 35.1. The zero-order valence-corrected chi connectivity index (χ0v) is 29.6. The maximum absolute atomic E-state index is 12.8. The van der Waals surface area contributed by atoms with Crippen LogP contribution in [0.5, 0.6) is 23.0 Å². The molecular formula is C38H48O10S. The molecule has 10 nitrogen and oxygen atoms in total. The Morgan fingerprint density at radius 2 is 1.45 bits per heavy atom. The highest BCUT2D eigenvalue weighted by molar-refractivity contribution is 7.91. The van der Waals surface area contributed by atoms with Gasteiger partial charge in [0.25, 0.3) is 0 Å². The highest BCUT2D eigenvalue weighted by atomic mass is 32.2. The molecule has 0 spiro atoms. The van der Waals surface area contributed by atoms with E-state index in [0.29, 0.717) is 62.9 Å². The second kappa shape index (κ2) is 19.1. The molecule has 0 unspecified atom stereocenters. The van der Waals surface area contributed by atoms with Crippen molar-refractivity contribution in [3.05, 3.63) is 65.7 Å². The molecule has 0 radical (unpaired) electrons. The smallest absolute Gasteiger partial charge is 0.306 e. The van der Waals surface area contributed by atoms with Crippen molar-refractivity contribution in [2.45, 2.75) is 83.5 Å². The lowest BCUT2D eigenvalue weighted by Crippen LogP contribution is -2.10. The van der Waals surface area contributed by atoms with Crippen LogP contribution in [0.3, 0.4) is 0 Å². The quantitative estimate of drug-likeness (QED) is 0.0830. The Balaban J connectivity index is 1.31. The molecule has 0 saturated heterocycles. The normalized spacial score (nSPS) is 12.1. The molecule has 3 aromatic carbocycles. The van der Waals surface area contributed by atoms with Gasteiger partial charge >= 0.3 is 11.9 Å². The van der Waals surface area contributed by atoms with Crippen LogP contribution in [-0.2, 0) is 41.7 Å². The Kier molecular flexibility index (Phi) is 14.6. The van der Waals surface area contributed by atoms with Gasteiger partial charge in [-0.25, -0.2) is 8.42 Å². The minimum Gasteiger partial charge on any atom is -0.494 e. The Bertz CT molecular complexity index is 1650. The molecule has 0 fully saturated rings. The average Bonchev–Trinajstić information content (AvgIpc) is 3.57. The van der Waals surface area contributed by atoms with Crippen molar-refractivity contribution in [1.82, 2.24) is 0 Å². The third-order valence-corrected chi connectivity index (χ3v) is 9.85. The first-order valence-electron chi connectivity index (χ1n) is 17.2. The second-order valence-corrected chi connectivity index (χ2v) is 13.9. The second-order valence-electron chi connectivity index (χ2n) is 11.6. The largest absolute Gasteiger partial charge is 0.494 e. The molecule has 0 aromatic heterocycles. The van der Waals surface area contributed by atoms with Gasteiger partial charge in [0.05, 0.1) is 37.1 Å². The lowest BCUT2D eigenvalue weighted by atomic mass is 9.96. The highest BCUT2D eigenvalue weighted by Gasteiger charge is 2.18. The summed E-state index contributed by atoms with van der Waals surface area (Å²) in [5.74, 6) is 2.03. The number of fused-ring (bicyclic) bond motifs is 1. The summed E-state index contributed by atoms with van der Waals surface area (Å²) in [4.78, 5) is 24.1. The minimum absolute atomic E-state index is 0.00785. The number of aryl methyl sites for hydroxylation is 1. The van der Waals surface area contributed by atoms with Gasteiger partial charge in [-0.15, -0.1) is 0 Å². The Hall–Kier alpha value is -4.25. The molecule has 3 aromatic rings. The van der Waals surface area contributed by atoms with E-state index in [4.69, 9.17) is 28.4 Å². The molecule has 1 aliphatic heterocycles. The van der Waals surface area contributed by atoms with E-state index >= 15 is 0 Å². The summed E-state index contributed by atoms with van der Waals surface area (Å²) in [7, 11) is -3.45. The first-order chi connectivity index (χ1) is 23.7. The van der Waals surface area contributed by atoms with Crippen LogP contribution in [0.4, 0.5) is 0 Å². The van der Waals surface area contributed by atoms with Gasteiger partial charge in [0.15, 0.2) is 21.3 Å². The number of hydrogen-bond acceptors (Lipinski definition) is 10. The van der Waals surface area contributed by atoms with Crippen molar-refractivity contribution in [3.63, 3.8) is 0 Å². The van der Waals surface area contributed by atoms with Crippen molar-refractivity contribution in [2.24, 2.45) is 0 Å². The minimum atomic E-state index is -3.45. The fourth-order valence-electron chi connectivity index (χ4n) is 5.56. The SMILES string of the molecule is CCOC(=O)CCCOc1cccc(CCCCCCOc2cc(-c3ccc4c(c3)OCO4)cc(S(=O)(=O)CC)c2)c1CCC(=O)OCC. The van der Waals surface area contributed by atoms with Crippen LogP contribution < -0.4 is 18.9 Å². The standard InChI is InChI=1S/C38H48O10S/c1-4-43-37(39)16-12-22-46-34-15-11-14-28(33(34)18-20-38(40)44-5-2)13-9-7-8-10-21-45-31-23-30(24-32(26-31)49(41,42)6-3)29-17-19-35-36(25-29)48-27-47-35/h11,14-15,17,19,23-26H,4-10,12-13,16,18,20-22,27H2,1-3H3. The van der Waals surface area contributed by atoms with E-state index in [9.17, 15) is 18.0 Å². The monoisotopic (exact) mass is 696 g/mol. The summed E-state index contributed by atoms with van der Waals surface area (Å²) < 4.78 is 58.8. The fraction of sp³-hybridized carbons (Fsp3) is 0.474. The van der Waals surface area contributed by atoms with E-state index < -0.39 is 9.84 Å². The zero-order valence-electron chi connectivity index (χ0n) is 28.8. The van der Waals surface area contributed by atoms with Crippen LogP contribution >= 0.6 is 0 Å². The van der Waals surface area contributed by atoms with Gasteiger partial charge in [-0.2, -0.15) is 0 Å². The van der Waals surface area contributed by atoms with Gasteiger partial charge in [-0.3, -0.25) is 9.59 Å². The van der Waals surface area contributed by atoms with Crippen LogP contribution in [0.25, 0.3) is 11.1 Å². The summed E-state index contributed by atoms with van der Waals surface area (Å²) in [6, 6.07) is 16.6. The molecule has 1 aliphatic rings. The van der Waals surface area contributed by atoms with Crippen molar-refractivity contribution in [3.8, 4) is 34.1 Å². The van der Waals surface area contributed by atoms with Crippen molar-refractivity contribution >= 4 is 21.8 Å². The van der Waals surface area contributed by atoms with E-state index in [2.05, 4.69) is 6.07 Å². The summed E-state index contributed by atoms with van der Waals surface area (Å²) >= 11 is 0. The summed E-state index contributed by atoms with van der Waals surface area (Å²) in [5.41, 5.74) is 3.67. The summed E-state index contributed by atoms with van der Waals surface area (Å²) in [6.45, 7) is 6.89. The third kappa shape index (κ3) is 11.4. The molecule has 0 N–H and O–H groups in total. The van der Waals surface area contributed by atoms with Crippen molar-refractivity contribution < 1.29 is 46.4 Å². The summed E-state index contributed by atoms with van der Waals surface area (Å²) in [6.07, 6.45) is 6.09. The number of hydrogen-bond donors (Lipinski definition) is 0. The predicted octanol–water partition coefficient (Wildman–Crippen LogP) is 7.28. The number of rotatable bonds is 21. The molecule has 0 aliphatic carbocycles. The number of unbranched alkanes of at least 4 members (excludes halogenated alkanes) is 3. The summed E-state index contributed by atoms with van der Waals surface area (Å²) in [5, 5.41) is 0. The molecule has 1 heterocycles. The molecule has 0 bridgehead atoms. The molecule has 49 heavy (non-hydrogen) atoms. The van der Waals surface area contributed by atoms with E-state index in [-0.39, 0.29) is 35.8 Å². The van der Waals surface area contributed by atoms with Crippen molar-refractivity contribution in [2.75, 3.05) is 39.0 Å². The maximum atomic E-state index is 12.8. The van der Waals surface area contributed by atoms with Crippen LogP contribution in [0.15, 0.2) is 59.5 Å². The maximum Gasteiger partial charge on any atom is 0.306 e.